The average molecular weight is 355 g/mol. The molecule has 106 valence electrons. The standard InChI is InChI=1S/C16H17BrClNO/c1-10(11-6-4-3-5-7-11)15(19)13-8-12(18)9-14(17)16(13)20-2/h3-10,15H,19H2,1-2H3. The third kappa shape index (κ3) is 3.17. The van der Waals surface area contributed by atoms with E-state index in [1.54, 1.807) is 7.11 Å². The van der Waals surface area contributed by atoms with E-state index >= 15 is 0 Å². The molecule has 0 saturated heterocycles. The molecule has 2 atom stereocenters. The zero-order valence-electron chi connectivity index (χ0n) is 11.4. The Balaban J connectivity index is 2.40. The molecule has 2 N–H and O–H groups in total. The third-order valence-corrected chi connectivity index (χ3v) is 4.27. The molecule has 2 unspecified atom stereocenters. The van der Waals surface area contributed by atoms with Crippen LogP contribution in [0.4, 0.5) is 0 Å². The molecule has 0 aliphatic carbocycles. The van der Waals surface area contributed by atoms with E-state index in [0.717, 1.165) is 15.8 Å². The number of methoxy groups -OCH3 is 1. The normalized spacial score (nSPS) is 13.8. The van der Waals surface area contributed by atoms with Gasteiger partial charge in [0.05, 0.1) is 11.6 Å². The van der Waals surface area contributed by atoms with Crippen LogP contribution in [0.1, 0.15) is 30.0 Å². The predicted molar refractivity (Wildman–Crippen MR) is 87.5 cm³/mol. The second kappa shape index (κ2) is 6.61. The van der Waals surface area contributed by atoms with Crippen molar-refractivity contribution in [3.8, 4) is 5.75 Å². The minimum Gasteiger partial charge on any atom is -0.495 e. The van der Waals surface area contributed by atoms with Crippen molar-refractivity contribution in [1.82, 2.24) is 0 Å². The zero-order chi connectivity index (χ0) is 14.7. The molecule has 0 aromatic heterocycles. The summed E-state index contributed by atoms with van der Waals surface area (Å²) in [7, 11) is 1.64. The van der Waals surface area contributed by atoms with Crippen molar-refractivity contribution >= 4 is 27.5 Å². The van der Waals surface area contributed by atoms with Crippen molar-refractivity contribution in [2.45, 2.75) is 18.9 Å². The largest absolute Gasteiger partial charge is 0.495 e. The zero-order valence-corrected chi connectivity index (χ0v) is 13.8. The van der Waals surface area contributed by atoms with Crippen LogP contribution in [0.5, 0.6) is 5.75 Å². The Kier molecular flexibility index (Phi) is 5.08. The molecule has 0 spiro atoms. The molecule has 0 heterocycles. The van der Waals surface area contributed by atoms with E-state index in [2.05, 4.69) is 35.0 Å². The van der Waals surface area contributed by atoms with E-state index in [0.29, 0.717) is 5.02 Å². The lowest BCUT2D eigenvalue weighted by atomic mass is 9.89. The minimum atomic E-state index is -0.192. The molecule has 0 aliphatic heterocycles. The van der Waals surface area contributed by atoms with Gasteiger partial charge in [-0.25, -0.2) is 0 Å². The molecule has 0 aliphatic rings. The van der Waals surface area contributed by atoms with Gasteiger partial charge in [0, 0.05) is 22.5 Å². The van der Waals surface area contributed by atoms with Gasteiger partial charge in [-0.05, 0) is 33.6 Å². The number of hydrogen-bond donors (Lipinski definition) is 1. The smallest absolute Gasteiger partial charge is 0.137 e. The van der Waals surface area contributed by atoms with Gasteiger partial charge in [-0.1, -0.05) is 48.9 Å². The van der Waals surface area contributed by atoms with Crippen LogP contribution in [0, 0.1) is 0 Å². The lowest BCUT2D eigenvalue weighted by molar-refractivity contribution is 0.399. The van der Waals surface area contributed by atoms with Gasteiger partial charge in [-0.15, -0.1) is 0 Å². The van der Waals surface area contributed by atoms with Crippen LogP contribution in [0.15, 0.2) is 46.9 Å². The summed E-state index contributed by atoms with van der Waals surface area (Å²) >= 11 is 9.60. The highest BCUT2D eigenvalue weighted by atomic mass is 79.9. The molecular weight excluding hydrogens is 338 g/mol. The van der Waals surface area contributed by atoms with Crippen LogP contribution in [0.25, 0.3) is 0 Å². The van der Waals surface area contributed by atoms with Crippen molar-refractivity contribution in [3.05, 3.63) is 63.1 Å². The van der Waals surface area contributed by atoms with Gasteiger partial charge in [0.25, 0.3) is 0 Å². The Morgan fingerprint density at radius 2 is 1.85 bits per heavy atom. The maximum absolute atomic E-state index is 6.43. The van der Waals surface area contributed by atoms with Crippen LogP contribution in [-0.2, 0) is 0 Å². The summed E-state index contributed by atoms with van der Waals surface area (Å²) in [5.74, 6) is 0.903. The van der Waals surface area contributed by atoms with E-state index < -0.39 is 0 Å². The first kappa shape index (κ1) is 15.4. The molecule has 4 heteroatoms. The summed E-state index contributed by atoms with van der Waals surface area (Å²) in [5.41, 5.74) is 8.52. The number of hydrogen-bond acceptors (Lipinski definition) is 2. The number of ether oxygens (including phenoxy) is 1. The van der Waals surface area contributed by atoms with E-state index in [9.17, 15) is 0 Å². The van der Waals surface area contributed by atoms with Crippen LogP contribution in [0.2, 0.25) is 5.02 Å². The highest BCUT2D eigenvalue weighted by molar-refractivity contribution is 9.10. The summed E-state index contributed by atoms with van der Waals surface area (Å²) in [6.45, 7) is 2.11. The summed E-state index contributed by atoms with van der Waals surface area (Å²) in [6.07, 6.45) is 0. The van der Waals surface area contributed by atoms with Crippen molar-refractivity contribution < 1.29 is 4.74 Å². The number of halogens is 2. The molecule has 0 saturated carbocycles. The van der Waals surface area contributed by atoms with Gasteiger partial charge in [0.1, 0.15) is 5.75 Å². The van der Waals surface area contributed by atoms with Crippen molar-refractivity contribution in [3.63, 3.8) is 0 Å². The highest BCUT2D eigenvalue weighted by Gasteiger charge is 2.22. The first-order valence-corrected chi connectivity index (χ1v) is 7.55. The molecular formula is C16H17BrClNO. The molecule has 20 heavy (non-hydrogen) atoms. The summed E-state index contributed by atoms with van der Waals surface area (Å²) in [5, 5.41) is 0.642. The van der Waals surface area contributed by atoms with Crippen LogP contribution < -0.4 is 10.5 Å². The molecule has 2 rings (SSSR count). The first-order chi connectivity index (χ1) is 9.54. The number of benzene rings is 2. The maximum atomic E-state index is 6.43. The Bertz CT molecular complexity index is 589. The molecule has 2 aromatic rings. The molecule has 0 fully saturated rings. The van der Waals surface area contributed by atoms with Crippen LogP contribution in [-0.4, -0.2) is 7.11 Å². The second-order valence-corrected chi connectivity index (χ2v) is 6.03. The van der Waals surface area contributed by atoms with E-state index in [1.807, 2.05) is 30.3 Å². The predicted octanol–water partition coefficient (Wildman–Crippen LogP) is 4.91. The van der Waals surface area contributed by atoms with Gasteiger partial charge < -0.3 is 10.5 Å². The van der Waals surface area contributed by atoms with E-state index in [4.69, 9.17) is 22.1 Å². The third-order valence-electron chi connectivity index (χ3n) is 3.46. The van der Waals surface area contributed by atoms with Gasteiger partial charge in [-0.2, -0.15) is 0 Å². The fourth-order valence-electron chi connectivity index (χ4n) is 2.28. The Morgan fingerprint density at radius 3 is 2.45 bits per heavy atom. The van der Waals surface area contributed by atoms with Gasteiger partial charge >= 0.3 is 0 Å². The summed E-state index contributed by atoms with van der Waals surface area (Å²) in [6, 6.07) is 13.7. The van der Waals surface area contributed by atoms with Crippen molar-refractivity contribution in [2.75, 3.05) is 7.11 Å². The lowest BCUT2D eigenvalue weighted by Crippen LogP contribution is -2.18. The Hall–Kier alpha value is -1.03. The molecule has 2 nitrogen and oxygen atoms in total. The molecule has 0 radical (unpaired) electrons. The van der Waals surface area contributed by atoms with Crippen LogP contribution >= 0.6 is 27.5 Å². The van der Waals surface area contributed by atoms with E-state index in [1.165, 1.54) is 5.56 Å². The number of nitrogens with two attached hydrogens (primary N) is 1. The molecule has 0 bridgehead atoms. The average Bonchev–Trinajstić information content (AvgIpc) is 2.46. The lowest BCUT2D eigenvalue weighted by Gasteiger charge is -2.23. The van der Waals surface area contributed by atoms with Crippen molar-refractivity contribution in [2.24, 2.45) is 5.73 Å². The highest BCUT2D eigenvalue weighted by Crippen LogP contribution is 2.39. The van der Waals surface area contributed by atoms with Crippen molar-refractivity contribution in [1.29, 1.82) is 0 Å². The molecule has 0 amide bonds. The fraction of sp³-hybridized carbons (Fsp3) is 0.250. The van der Waals surface area contributed by atoms with Gasteiger partial charge in [-0.3, -0.25) is 0 Å². The molecule has 2 aromatic carbocycles. The maximum Gasteiger partial charge on any atom is 0.137 e. The fourth-order valence-corrected chi connectivity index (χ4v) is 3.27. The Morgan fingerprint density at radius 1 is 1.20 bits per heavy atom. The van der Waals surface area contributed by atoms with Crippen LogP contribution in [0.3, 0.4) is 0 Å². The summed E-state index contributed by atoms with van der Waals surface area (Å²) in [4.78, 5) is 0. The Labute approximate surface area is 133 Å². The van der Waals surface area contributed by atoms with E-state index in [-0.39, 0.29) is 12.0 Å². The van der Waals surface area contributed by atoms with Gasteiger partial charge in [0.2, 0.25) is 0 Å². The quantitative estimate of drug-likeness (QED) is 0.846. The monoisotopic (exact) mass is 353 g/mol. The first-order valence-electron chi connectivity index (χ1n) is 6.38. The van der Waals surface area contributed by atoms with Gasteiger partial charge in [0.15, 0.2) is 0 Å². The SMILES string of the molecule is COc1c(Br)cc(Cl)cc1C(N)C(C)c1ccccc1. The number of rotatable bonds is 4. The minimum absolute atomic E-state index is 0.162. The topological polar surface area (TPSA) is 35.2 Å². The second-order valence-electron chi connectivity index (χ2n) is 4.74. The summed E-state index contributed by atoms with van der Waals surface area (Å²) < 4.78 is 6.27.